The molecule has 0 spiro atoms. The fraction of sp³-hybridized carbons (Fsp3) is 0.571. The first-order chi connectivity index (χ1) is 10.6. The summed E-state index contributed by atoms with van der Waals surface area (Å²) in [7, 11) is 25.0. The molecule has 1 saturated carbocycles. The Morgan fingerprint density at radius 2 is 1.58 bits per heavy atom. The van der Waals surface area contributed by atoms with Crippen LogP contribution in [-0.4, -0.2) is 25.9 Å². The van der Waals surface area contributed by atoms with Gasteiger partial charge in [-0.25, -0.2) is 0 Å². The van der Waals surface area contributed by atoms with Crippen molar-refractivity contribution < 1.29 is 4.70 Å². The minimum absolute atomic E-state index is 0.178. The molecule has 1 aromatic carbocycles. The SMILES string of the molecule is C[C@]12CCCC[C@H]1C[N+](c1ccc(Cl)cc1)=N2.[Cl][Sb-]([Cl])([Cl])([Cl])([Cl])[Cl]. The van der Waals surface area contributed by atoms with Gasteiger partial charge in [0.15, 0.2) is 6.54 Å². The van der Waals surface area contributed by atoms with Crippen molar-refractivity contribution >= 4 is 79.4 Å². The summed E-state index contributed by atoms with van der Waals surface area (Å²) in [4.78, 5) is 0. The Hall–Kier alpha value is 1.67. The molecule has 24 heavy (non-hydrogen) atoms. The van der Waals surface area contributed by atoms with E-state index in [1.54, 1.807) is 0 Å². The van der Waals surface area contributed by atoms with Crippen LogP contribution in [0.1, 0.15) is 32.6 Å². The molecular weight excluding hydrogens is 566 g/mol. The second-order valence-electron chi connectivity index (χ2n) is 6.42. The van der Waals surface area contributed by atoms with E-state index in [9.17, 15) is 0 Å². The fourth-order valence-electron chi connectivity index (χ4n) is 3.11. The molecule has 2 atom stereocenters. The van der Waals surface area contributed by atoms with E-state index in [2.05, 4.69) is 23.8 Å². The molecule has 0 bridgehead atoms. The van der Waals surface area contributed by atoms with Crippen molar-refractivity contribution in [2.45, 2.75) is 38.1 Å². The average Bonchev–Trinajstić information content (AvgIpc) is 2.73. The van der Waals surface area contributed by atoms with Gasteiger partial charge in [0.1, 0.15) is 5.54 Å². The van der Waals surface area contributed by atoms with E-state index in [1.165, 1.54) is 31.4 Å². The van der Waals surface area contributed by atoms with Crippen LogP contribution in [0.15, 0.2) is 29.4 Å². The molecular formula is C14H18Cl7N2Sb. The number of azo groups is 2. The standard InChI is InChI=1S/C14H18ClN2.6ClH.Sb/c1-14-9-3-2-4-11(14)10-17(16-14)13-7-5-12(15)6-8-13;;;;;;;/h5-8,11H,2-4,9-10H2,1H3;6*1H;/q+1;;;;;;;+5/p-6/t11-,14-;;;;;;;/m0......./s1. The molecule has 0 radical (unpaired) electrons. The van der Waals surface area contributed by atoms with Crippen LogP contribution in [0.2, 0.25) is 5.02 Å². The van der Waals surface area contributed by atoms with Gasteiger partial charge in [0.2, 0.25) is 5.69 Å². The monoisotopic (exact) mass is 580 g/mol. The predicted octanol–water partition coefficient (Wildman–Crippen LogP) is 8.15. The zero-order chi connectivity index (χ0) is 18.3. The van der Waals surface area contributed by atoms with E-state index in [1.807, 2.05) is 12.1 Å². The summed E-state index contributed by atoms with van der Waals surface area (Å²) in [6, 6.07) is 8.01. The zero-order valence-electron chi connectivity index (χ0n) is 12.9. The summed E-state index contributed by atoms with van der Waals surface area (Å²) in [5, 5.41) is 5.72. The van der Waals surface area contributed by atoms with E-state index in [0.29, 0.717) is 0 Å². The topological polar surface area (TPSA) is 15.4 Å². The number of rotatable bonds is 1. The average molecular weight is 584 g/mol. The first kappa shape index (κ1) is 22.0. The van der Waals surface area contributed by atoms with Crippen LogP contribution in [0.4, 0.5) is 5.69 Å². The van der Waals surface area contributed by atoms with E-state index in [-0.39, 0.29) is 5.54 Å². The molecule has 0 N–H and O–H groups in total. The molecule has 2 aliphatic rings. The zero-order valence-corrected chi connectivity index (χ0v) is 20.8. The molecule has 0 saturated heterocycles. The van der Waals surface area contributed by atoms with Crippen molar-refractivity contribution in [3.8, 4) is 0 Å². The fourth-order valence-corrected chi connectivity index (χ4v) is 3.24. The van der Waals surface area contributed by atoms with E-state index < -0.39 is 9.14 Å². The van der Waals surface area contributed by atoms with Crippen molar-refractivity contribution in [1.29, 1.82) is 0 Å². The number of hydrogen-bond acceptors (Lipinski definition) is 1. The van der Waals surface area contributed by atoms with Crippen LogP contribution in [0.25, 0.3) is 0 Å². The van der Waals surface area contributed by atoms with Gasteiger partial charge in [0.05, 0.1) is 5.92 Å². The van der Waals surface area contributed by atoms with Crippen LogP contribution in [-0.2, 0) is 0 Å². The Labute approximate surface area is 167 Å². The van der Waals surface area contributed by atoms with Gasteiger partial charge in [-0.1, -0.05) is 29.1 Å². The summed E-state index contributed by atoms with van der Waals surface area (Å²) in [6.07, 6.45) is 5.25. The second kappa shape index (κ2) is 6.93. The Balaban J connectivity index is 0.000000256. The molecule has 138 valence electrons. The van der Waals surface area contributed by atoms with Crippen molar-refractivity contribution in [1.82, 2.24) is 0 Å². The third-order valence-electron chi connectivity index (χ3n) is 4.23. The van der Waals surface area contributed by atoms with Crippen molar-refractivity contribution in [2.24, 2.45) is 11.0 Å². The molecule has 0 unspecified atom stereocenters. The van der Waals surface area contributed by atoms with Gasteiger partial charge >= 0.3 is 62.1 Å². The molecule has 1 aromatic rings. The third-order valence-corrected chi connectivity index (χ3v) is 4.48. The second-order valence-corrected chi connectivity index (χ2v) is 63.8. The van der Waals surface area contributed by atoms with Crippen LogP contribution in [0.5, 0.6) is 0 Å². The van der Waals surface area contributed by atoms with Gasteiger partial charge in [0, 0.05) is 17.2 Å². The van der Waals surface area contributed by atoms with E-state index in [0.717, 1.165) is 17.5 Å². The number of nitrogens with zero attached hydrogens (tertiary/aromatic N) is 2. The third kappa shape index (κ3) is 8.13. The normalized spacial score (nSPS) is 29.5. The Bertz CT molecular complexity index is 628. The first-order valence-corrected chi connectivity index (χ1v) is 27.2. The van der Waals surface area contributed by atoms with Gasteiger partial charge in [-0.3, -0.25) is 0 Å². The molecule has 2 nitrogen and oxygen atoms in total. The molecule has 1 aliphatic heterocycles. The predicted molar refractivity (Wildman–Crippen MR) is 110 cm³/mol. The molecule has 1 fully saturated rings. The van der Waals surface area contributed by atoms with Gasteiger partial charge in [-0.15, -0.1) is 0 Å². The number of benzene rings is 1. The summed E-state index contributed by atoms with van der Waals surface area (Å²) < 4.78 is 2.17. The molecule has 1 heterocycles. The number of halogens is 7. The van der Waals surface area contributed by atoms with Crippen molar-refractivity contribution in [3.05, 3.63) is 29.3 Å². The van der Waals surface area contributed by atoms with Crippen LogP contribution in [0, 0.1) is 5.92 Å². The summed E-state index contributed by atoms with van der Waals surface area (Å²) in [5.41, 5.74) is 1.35. The van der Waals surface area contributed by atoms with Crippen molar-refractivity contribution in [2.75, 3.05) is 6.54 Å². The van der Waals surface area contributed by atoms with E-state index in [4.69, 9.17) is 69.7 Å². The molecule has 3 rings (SSSR count). The Morgan fingerprint density at radius 3 is 2.08 bits per heavy atom. The summed E-state index contributed by atoms with van der Waals surface area (Å²) >= 11 is 5.92. The van der Waals surface area contributed by atoms with Crippen molar-refractivity contribution in [3.63, 3.8) is 0 Å². The van der Waals surface area contributed by atoms with Gasteiger partial charge in [-0.05, 0) is 37.0 Å². The number of hydrogen-bond donors (Lipinski definition) is 0. The van der Waals surface area contributed by atoms with Crippen LogP contribution in [0.3, 0.4) is 0 Å². The minimum atomic E-state index is -5.42. The van der Waals surface area contributed by atoms with Gasteiger partial charge < -0.3 is 0 Å². The molecule has 0 amide bonds. The summed E-state index contributed by atoms with van der Waals surface area (Å²) in [5.74, 6) is 0.729. The Morgan fingerprint density at radius 1 is 1.04 bits per heavy atom. The van der Waals surface area contributed by atoms with Crippen LogP contribution >= 0.6 is 64.6 Å². The van der Waals surface area contributed by atoms with Gasteiger partial charge in [0.25, 0.3) is 0 Å². The summed E-state index contributed by atoms with van der Waals surface area (Å²) in [6.45, 7) is 3.38. The maximum atomic E-state index is 5.92. The Kier molecular flexibility index (Phi) is 6.34. The quantitative estimate of drug-likeness (QED) is 0.234. The molecule has 1 aliphatic carbocycles. The first-order valence-electron chi connectivity index (χ1n) is 7.45. The number of fused-ring (bicyclic) bond motifs is 1. The molecule has 10 heteroatoms. The molecule has 0 aromatic heterocycles. The van der Waals surface area contributed by atoms with E-state index >= 15 is 0 Å². The maximum absolute atomic E-state index is 5.92. The van der Waals surface area contributed by atoms with Crippen LogP contribution < -0.4 is 0 Å². The van der Waals surface area contributed by atoms with Gasteiger partial charge in [-0.2, -0.15) is 0 Å².